The van der Waals surface area contributed by atoms with Gasteiger partial charge in [-0.15, -0.1) is 0 Å². The van der Waals surface area contributed by atoms with Crippen LogP contribution in [0.5, 0.6) is 0 Å². The fourth-order valence-corrected chi connectivity index (χ4v) is 6.68. The lowest BCUT2D eigenvalue weighted by Crippen LogP contribution is -2.38. The Labute approximate surface area is 190 Å². The zero-order valence-electron chi connectivity index (χ0n) is 17.3. The Balaban J connectivity index is 1.91. The van der Waals surface area contributed by atoms with Crippen LogP contribution >= 0.6 is 23.5 Å². The average Bonchev–Trinajstić information content (AvgIpc) is 3.00. The Morgan fingerprint density at radius 1 is 1.24 bits per heavy atom. The van der Waals surface area contributed by atoms with Crippen molar-refractivity contribution in [2.24, 2.45) is 5.92 Å². The van der Waals surface area contributed by atoms with E-state index in [0.717, 1.165) is 18.3 Å². The van der Waals surface area contributed by atoms with Gasteiger partial charge in [-0.1, -0.05) is 26.0 Å². The Morgan fingerprint density at radius 3 is 2.38 bits per heavy atom. The molecule has 20 heteroatoms. The number of hydrogen-bond donors (Lipinski definition) is 6. The fraction of sp³-hybridized carbons (Fsp3) is 0.571. The molecule has 2 fully saturated rings. The van der Waals surface area contributed by atoms with E-state index in [-0.39, 0.29) is 11.7 Å². The van der Waals surface area contributed by atoms with Gasteiger partial charge in [0.25, 0.3) is 0 Å². The monoisotopic (exact) mass is 551 g/mol. The van der Waals surface area contributed by atoms with Crippen molar-refractivity contribution >= 4 is 29.3 Å². The van der Waals surface area contributed by atoms with Crippen LogP contribution in [-0.2, 0) is 31.6 Å². The van der Waals surface area contributed by atoms with Gasteiger partial charge in [-0.25, -0.2) is 22.9 Å². The van der Waals surface area contributed by atoms with Crippen molar-refractivity contribution in [1.82, 2.24) is 9.55 Å². The van der Waals surface area contributed by atoms with Gasteiger partial charge in [0.05, 0.1) is 0 Å². The highest BCUT2D eigenvalue weighted by molar-refractivity contribution is 7.66. The molecule has 3 rings (SSSR count). The summed E-state index contributed by atoms with van der Waals surface area (Å²) in [5, 5.41) is 11.0. The van der Waals surface area contributed by atoms with Crippen LogP contribution in [0.3, 0.4) is 0 Å². The lowest BCUT2D eigenvalue weighted by molar-refractivity contribution is -0.0786. The summed E-state index contributed by atoms with van der Waals surface area (Å²) in [7, 11) is -17.2. The minimum absolute atomic E-state index is 0.168. The summed E-state index contributed by atoms with van der Waals surface area (Å²) >= 11 is 0. The third-order valence-corrected chi connectivity index (χ3v) is 8.63. The lowest BCUT2D eigenvalue weighted by atomic mass is 10.1. The molecule has 0 radical (unpaired) electrons. The van der Waals surface area contributed by atoms with Crippen molar-refractivity contribution in [1.29, 1.82) is 0 Å². The summed E-state index contributed by atoms with van der Waals surface area (Å²) < 4.78 is 68.0. The third kappa shape index (κ3) is 5.12. The Bertz CT molecular complexity index is 1200. The van der Waals surface area contributed by atoms with Crippen LogP contribution in [0.1, 0.15) is 20.1 Å². The van der Waals surface area contributed by atoms with Crippen LogP contribution in [-0.4, -0.2) is 57.7 Å². The van der Waals surface area contributed by atoms with E-state index >= 15 is 4.39 Å². The van der Waals surface area contributed by atoms with E-state index < -0.39 is 58.9 Å². The van der Waals surface area contributed by atoms with Crippen LogP contribution in [0.15, 0.2) is 29.2 Å². The maximum absolute atomic E-state index is 15.4. The largest absolute Gasteiger partial charge is 0.490 e. The van der Waals surface area contributed by atoms with E-state index in [0.29, 0.717) is 4.57 Å². The molecule has 1 aliphatic heterocycles. The minimum atomic E-state index is -5.86. The molecule has 1 aliphatic carbocycles. The number of nitrogens with two attached hydrogens (primary N) is 1. The minimum Gasteiger partial charge on any atom is -0.383 e. The molecule has 7 N–H and O–H groups in total. The molecule has 0 bridgehead atoms. The molecule has 7 atom stereocenters. The van der Waals surface area contributed by atoms with Crippen molar-refractivity contribution in [2.45, 2.75) is 43.6 Å². The second-order valence-corrected chi connectivity index (χ2v) is 12.1. The first-order valence-electron chi connectivity index (χ1n) is 9.24. The summed E-state index contributed by atoms with van der Waals surface area (Å²) in [4.78, 5) is 51.8. The first-order valence-corrected chi connectivity index (χ1v) is 13.8. The van der Waals surface area contributed by atoms with E-state index in [4.69, 9.17) is 20.3 Å². The van der Waals surface area contributed by atoms with Crippen LogP contribution < -0.4 is 11.4 Å². The Morgan fingerprint density at radius 2 is 1.85 bits per heavy atom. The second kappa shape index (κ2) is 8.66. The molecule has 16 nitrogen and oxygen atoms in total. The molecule has 0 amide bonds. The molecule has 1 saturated heterocycles. The maximum Gasteiger partial charge on any atom is 0.490 e. The molecular formula is C14H21FN3O13P3. The summed E-state index contributed by atoms with van der Waals surface area (Å²) in [5.41, 5.74) is -0.500. The van der Waals surface area contributed by atoms with Crippen LogP contribution in [0.2, 0.25) is 0 Å². The molecule has 3 unspecified atom stereocenters. The van der Waals surface area contributed by atoms with E-state index in [9.17, 15) is 33.4 Å². The standard InChI is InChI=1S/C14H21FN3O13P3/c1-7(2)3-5-13-11(29-33(24,25)31-34(26,27)30-32(21,22)23)14(13,20)9(15)10(28-13)18-6-4-8(16)17-12(18)19/h3-7,9-11,20H,1-2H3,(H,24,25)(H,26,27)(H2,16,17,19)(H2,21,22,23)/b5-3+/t9-,10+,11?,13+,14+/m0/s1. The number of aromatic nitrogens is 2. The third-order valence-electron chi connectivity index (χ3n) is 4.83. The fourth-order valence-electron chi connectivity index (χ4n) is 3.44. The summed E-state index contributed by atoms with van der Waals surface area (Å²) in [6.45, 7) is 3.39. The molecule has 0 aromatic carbocycles. The van der Waals surface area contributed by atoms with E-state index in [1.54, 1.807) is 13.8 Å². The number of fused-ring (bicyclic) bond motifs is 1. The number of allylic oxidation sites excluding steroid dienone is 1. The molecular weight excluding hydrogens is 530 g/mol. The van der Waals surface area contributed by atoms with Gasteiger partial charge in [0.1, 0.15) is 11.9 Å². The number of rotatable bonds is 9. The van der Waals surface area contributed by atoms with Crippen molar-refractivity contribution in [2.75, 3.05) is 5.73 Å². The van der Waals surface area contributed by atoms with Gasteiger partial charge in [-0.05, 0) is 12.0 Å². The van der Waals surface area contributed by atoms with Gasteiger partial charge in [-0.2, -0.15) is 13.6 Å². The van der Waals surface area contributed by atoms with Crippen molar-refractivity contribution in [3.63, 3.8) is 0 Å². The summed E-state index contributed by atoms with van der Waals surface area (Å²) in [6.07, 6.45) is -2.68. The Kier molecular flexibility index (Phi) is 6.95. The number of aliphatic hydroxyl groups is 1. The van der Waals surface area contributed by atoms with Crippen LogP contribution in [0.4, 0.5) is 10.2 Å². The molecule has 2 aliphatic rings. The molecule has 192 valence electrons. The number of nitrogens with zero attached hydrogens (tertiary/aromatic N) is 2. The number of alkyl halides is 1. The highest BCUT2D eigenvalue weighted by atomic mass is 31.3. The quantitative estimate of drug-likeness (QED) is 0.176. The molecule has 1 aromatic heterocycles. The number of phosphoric ester groups is 1. The number of hydrogen-bond acceptors (Lipinski definition) is 11. The van der Waals surface area contributed by atoms with Crippen LogP contribution in [0, 0.1) is 5.92 Å². The topological polar surface area (TPSA) is 250 Å². The van der Waals surface area contributed by atoms with Gasteiger partial charge < -0.3 is 35.2 Å². The van der Waals surface area contributed by atoms with Gasteiger partial charge in [0, 0.05) is 6.20 Å². The normalized spacial score (nSPS) is 34.7. The SMILES string of the molecule is CC(C)/C=C/[C@]12O[C@@H](n3ccc(N)nc3=O)[C@H](F)[C@@]1(O)C2OP(=O)(O)OP(=O)(O)OP(=O)(O)O. The van der Waals surface area contributed by atoms with Gasteiger partial charge >= 0.3 is 29.2 Å². The van der Waals surface area contributed by atoms with E-state index in [2.05, 4.69) is 18.1 Å². The Hall–Kier alpha value is -1.32. The molecule has 34 heavy (non-hydrogen) atoms. The first-order chi connectivity index (χ1) is 15.3. The van der Waals surface area contributed by atoms with E-state index in [1.807, 2.05) is 0 Å². The average molecular weight is 551 g/mol. The van der Waals surface area contributed by atoms with Gasteiger partial charge in [0.15, 0.2) is 23.6 Å². The summed E-state index contributed by atoms with van der Waals surface area (Å²) in [5.74, 6) is -0.369. The molecule has 0 spiro atoms. The van der Waals surface area contributed by atoms with Crippen molar-refractivity contribution < 1.29 is 60.6 Å². The molecule has 2 heterocycles. The summed E-state index contributed by atoms with van der Waals surface area (Å²) in [6, 6.07) is 1.16. The number of halogens is 1. The zero-order valence-corrected chi connectivity index (χ0v) is 20.0. The zero-order chi connectivity index (χ0) is 25.9. The number of nitrogen functional groups attached to an aromatic ring is 1. The molecule has 1 aromatic rings. The smallest absolute Gasteiger partial charge is 0.383 e. The highest BCUT2D eigenvalue weighted by Gasteiger charge is 2.89. The van der Waals surface area contributed by atoms with Crippen LogP contribution in [0.25, 0.3) is 0 Å². The molecule has 1 saturated carbocycles. The first kappa shape index (κ1) is 27.3. The van der Waals surface area contributed by atoms with Gasteiger partial charge in [-0.3, -0.25) is 9.09 Å². The highest BCUT2D eigenvalue weighted by Crippen LogP contribution is 2.72. The number of anilines is 1. The van der Waals surface area contributed by atoms with Gasteiger partial charge in [0.2, 0.25) is 0 Å². The maximum atomic E-state index is 15.4. The van der Waals surface area contributed by atoms with E-state index in [1.165, 1.54) is 6.08 Å². The van der Waals surface area contributed by atoms with Crippen molar-refractivity contribution in [3.8, 4) is 0 Å². The predicted molar refractivity (Wildman–Crippen MR) is 108 cm³/mol. The number of ether oxygens (including phenoxy) is 1. The number of phosphoric acid groups is 3. The second-order valence-electron chi connectivity index (χ2n) is 7.75. The van der Waals surface area contributed by atoms with Crippen molar-refractivity contribution in [3.05, 3.63) is 34.9 Å². The lowest BCUT2D eigenvalue weighted by Gasteiger charge is -2.24. The predicted octanol–water partition coefficient (Wildman–Crippen LogP) is 0.1000.